The number of ether oxygens (including phenoxy) is 3. The lowest BCUT2D eigenvalue weighted by Gasteiger charge is -2.18. The Balaban J connectivity index is 4.53. The highest BCUT2D eigenvalue weighted by Gasteiger charge is 2.19. The Morgan fingerprint density at radius 2 is 0.606 bits per heavy atom. The highest BCUT2D eigenvalue weighted by atomic mass is 16.6. The van der Waals surface area contributed by atoms with Crippen molar-refractivity contribution in [1.29, 1.82) is 0 Å². The lowest BCUT2D eigenvalue weighted by Crippen LogP contribution is -2.30. The lowest BCUT2D eigenvalue weighted by molar-refractivity contribution is -0.166. The molecule has 0 spiro atoms. The summed E-state index contributed by atoms with van der Waals surface area (Å²) in [5.74, 6) is -1.09. The van der Waals surface area contributed by atoms with E-state index in [0.717, 1.165) is 109 Å². The summed E-state index contributed by atoms with van der Waals surface area (Å²) in [5.41, 5.74) is 0. The Morgan fingerprint density at radius 1 is 0.310 bits per heavy atom. The van der Waals surface area contributed by atoms with Crippen LogP contribution in [-0.2, 0) is 28.6 Å². The number of rotatable bonds is 51. The van der Waals surface area contributed by atoms with Crippen molar-refractivity contribution in [3.05, 3.63) is 122 Å². The van der Waals surface area contributed by atoms with Gasteiger partial charge in [-0.2, -0.15) is 0 Å². The predicted molar refractivity (Wildman–Crippen MR) is 306 cm³/mol. The third-order valence-corrected chi connectivity index (χ3v) is 12.0. The number of unbranched alkanes of at least 4 members (excludes halogenated alkanes) is 21. The zero-order valence-electron chi connectivity index (χ0n) is 45.9. The van der Waals surface area contributed by atoms with E-state index in [-0.39, 0.29) is 31.6 Å². The van der Waals surface area contributed by atoms with E-state index in [2.05, 4.69) is 130 Å². The third-order valence-electron chi connectivity index (χ3n) is 12.0. The maximum absolute atomic E-state index is 12.9. The molecule has 6 nitrogen and oxygen atoms in total. The van der Waals surface area contributed by atoms with E-state index in [0.29, 0.717) is 12.8 Å². The minimum Gasteiger partial charge on any atom is -0.462 e. The molecular formula is C65H106O6. The first-order valence-corrected chi connectivity index (χ1v) is 29.0. The van der Waals surface area contributed by atoms with Crippen LogP contribution in [0.2, 0.25) is 0 Å². The van der Waals surface area contributed by atoms with Gasteiger partial charge in [-0.3, -0.25) is 14.4 Å². The zero-order chi connectivity index (χ0) is 51.4. The second-order valence-electron chi connectivity index (χ2n) is 18.8. The highest BCUT2D eigenvalue weighted by molar-refractivity contribution is 5.72. The molecular weight excluding hydrogens is 877 g/mol. The van der Waals surface area contributed by atoms with Crippen molar-refractivity contribution < 1.29 is 28.6 Å². The average molecular weight is 984 g/mol. The molecule has 1 atom stereocenters. The standard InChI is InChI=1S/C65H106O6/c1-4-7-10-13-16-19-22-25-28-30-32-34-37-40-43-46-49-52-55-58-64(67)70-61-62(60-69-63(66)57-54-51-48-45-42-39-36-27-24-21-18-15-12-9-6-3)71-65(68)59-56-53-50-47-44-41-38-35-33-31-29-26-23-20-17-14-11-8-5-2/h7,9-10,12,16,18-19,21,25,27-28,32,34,36,40,42-43,45,51,54,62H,4-6,8,11,13-15,17,20,22-24,26,29-31,33,35,37-39,41,44,46-50,52-53,55-61H2,1-3H3/b10-7-,12-9-,19-16-,21-18-,28-25-,34-32-,36-27-,43-40-,45-42-,54-51-. The van der Waals surface area contributed by atoms with Crippen molar-refractivity contribution in [1.82, 2.24) is 0 Å². The van der Waals surface area contributed by atoms with Gasteiger partial charge in [0, 0.05) is 12.8 Å². The second kappa shape index (κ2) is 58.4. The molecule has 402 valence electrons. The van der Waals surface area contributed by atoms with Crippen LogP contribution in [0.15, 0.2) is 122 Å². The van der Waals surface area contributed by atoms with Crippen molar-refractivity contribution in [2.24, 2.45) is 0 Å². The fourth-order valence-corrected chi connectivity index (χ4v) is 7.72. The minimum atomic E-state index is -0.834. The summed E-state index contributed by atoms with van der Waals surface area (Å²) >= 11 is 0. The predicted octanol–water partition coefficient (Wildman–Crippen LogP) is 19.6. The molecule has 0 aromatic rings. The molecule has 71 heavy (non-hydrogen) atoms. The van der Waals surface area contributed by atoms with Crippen LogP contribution >= 0.6 is 0 Å². The fraction of sp³-hybridized carbons (Fsp3) is 0.646. The maximum Gasteiger partial charge on any atom is 0.309 e. The van der Waals surface area contributed by atoms with Gasteiger partial charge < -0.3 is 14.2 Å². The molecule has 0 N–H and O–H groups in total. The highest BCUT2D eigenvalue weighted by Crippen LogP contribution is 2.16. The van der Waals surface area contributed by atoms with Gasteiger partial charge in [-0.25, -0.2) is 0 Å². The normalized spacial score (nSPS) is 13.0. The zero-order valence-corrected chi connectivity index (χ0v) is 45.9. The Kier molecular flexibility index (Phi) is 54.9. The van der Waals surface area contributed by atoms with Crippen LogP contribution in [0.1, 0.15) is 252 Å². The van der Waals surface area contributed by atoms with Gasteiger partial charge in [0.15, 0.2) is 6.10 Å². The number of carbonyl (C=O) groups is 3. The molecule has 0 aromatic carbocycles. The SMILES string of the molecule is CC/C=C\C/C=C\C/C=C\C/C=C\C/C=C\CCCCCC(=O)OCC(COC(=O)C/C=C\C/C=C\C/C=C\C/C=C\C/C=C\CC)OC(=O)CCCCCCCCCCCCCCCCCCCCC. The van der Waals surface area contributed by atoms with Crippen molar-refractivity contribution in [2.75, 3.05) is 13.2 Å². The Bertz CT molecular complexity index is 1500. The number of hydrogen-bond acceptors (Lipinski definition) is 6. The van der Waals surface area contributed by atoms with Crippen LogP contribution in [0.5, 0.6) is 0 Å². The molecule has 0 rings (SSSR count). The van der Waals surface area contributed by atoms with Crippen LogP contribution < -0.4 is 0 Å². The van der Waals surface area contributed by atoms with Crippen LogP contribution in [0.4, 0.5) is 0 Å². The van der Waals surface area contributed by atoms with Gasteiger partial charge in [-0.05, 0) is 89.9 Å². The molecule has 6 heteroatoms. The van der Waals surface area contributed by atoms with Crippen molar-refractivity contribution in [3.8, 4) is 0 Å². The van der Waals surface area contributed by atoms with Gasteiger partial charge in [-0.1, -0.05) is 264 Å². The molecule has 0 aliphatic heterocycles. The molecule has 0 fully saturated rings. The first-order valence-electron chi connectivity index (χ1n) is 29.0. The first-order chi connectivity index (χ1) is 35.0. The quantitative estimate of drug-likeness (QED) is 0.0261. The lowest BCUT2D eigenvalue weighted by atomic mass is 10.0. The minimum absolute atomic E-state index is 0.118. The van der Waals surface area contributed by atoms with E-state index >= 15 is 0 Å². The summed E-state index contributed by atoms with van der Waals surface area (Å²) < 4.78 is 16.7. The molecule has 0 saturated carbocycles. The van der Waals surface area contributed by atoms with Gasteiger partial charge >= 0.3 is 17.9 Å². The Hall–Kier alpha value is -4.19. The van der Waals surface area contributed by atoms with Gasteiger partial charge in [0.1, 0.15) is 13.2 Å². The average Bonchev–Trinajstić information content (AvgIpc) is 3.37. The van der Waals surface area contributed by atoms with Gasteiger partial charge in [0.05, 0.1) is 6.42 Å². The molecule has 1 unspecified atom stereocenters. The molecule has 0 aliphatic rings. The molecule has 0 heterocycles. The smallest absolute Gasteiger partial charge is 0.309 e. The molecule has 0 aliphatic carbocycles. The Labute approximate surface area is 437 Å². The summed E-state index contributed by atoms with van der Waals surface area (Å²) in [7, 11) is 0. The van der Waals surface area contributed by atoms with Crippen molar-refractivity contribution in [3.63, 3.8) is 0 Å². The topological polar surface area (TPSA) is 78.9 Å². The molecule has 0 radical (unpaired) electrons. The molecule has 0 aromatic heterocycles. The van der Waals surface area contributed by atoms with E-state index in [9.17, 15) is 14.4 Å². The van der Waals surface area contributed by atoms with Gasteiger partial charge in [0.25, 0.3) is 0 Å². The first kappa shape index (κ1) is 66.8. The van der Waals surface area contributed by atoms with Crippen LogP contribution in [0.3, 0.4) is 0 Å². The summed E-state index contributed by atoms with van der Waals surface area (Å²) in [6.07, 6.45) is 80.8. The molecule has 0 saturated heterocycles. The van der Waals surface area contributed by atoms with E-state index < -0.39 is 12.1 Å². The van der Waals surface area contributed by atoms with E-state index in [1.54, 1.807) is 6.08 Å². The summed E-state index contributed by atoms with van der Waals surface area (Å²) in [4.78, 5) is 38.1. The van der Waals surface area contributed by atoms with Crippen LogP contribution in [-0.4, -0.2) is 37.2 Å². The number of carbonyl (C=O) groups excluding carboxylic acids is 3. The van der Waals surface area contributed by atoms with Gasteiger partial charge in [-0.15, -0.1) is 0 Å². The van der Waals surface area contributed by atoms with Gasteiger partial charge in [0.2, 0.25) is 0 Å². The van der Waals surface area contributed by atoms with E-state index in [1.165, 1.54) is 103 Å². The maximum atomic E-state index is 12.9. The number of hydrogen-bond donors (Lipinski definition) is 0. The fourth-order valence-electron chi connectivity index (χ4n) is 7.72. The Morgan fingerprint density at radius 3 is 0.986 bits per heavy atom. The van der Waals surface area contributed by atoms with E-state index in [4.69, 9.17) is 14.2 Å². The van der Waals surface area contributed by atoms with Crippen LogP contribution in [0, 0.1) is 0 Å². The number of esters is 3. The molecule has 0 bridgehead atoms. The number of allylic oxidation sites excluding steroid dienone is 19. The van der Waals surface area contributed by atoms with Crippen molar-refractivity contribution in [2.45, 2.75) is 258 Å². The van der Waals surface area contributed by atoms with E-state index in [1.807, 2.05) is 6.08 Å². The van der Waals surface area contributed by atoms with Crippen molar-refractivity contribution >= 4 is 17.9 Å². The summed E-state index contributed by atoms with van der Waals surface area (Å²) in [5, 5.41) is 0. The monoisotopic (exact) mass is 983 g/mol. The second-order valence-corrected chi connectivity index (χ2v) is 18.8. The largest absolute Gasteiger partial charge is 0.462 e. The molecule has 0 amide bonds. The summed E-state index contributed by atoms with van der Waals surface area (Å²) in [6, 6.07) is 0. The third kappa shape index (κ3) is 56.6. The van der Waals surface area contributed by atoms with Crippen LogP contribution in [0.25, 0.3) is 0 Å². The summed E-state index contributed by atoms with van der Waals surface area (Å²) in [6.45, 7) is 6.30.